The second-order valence-electron chi connectivity index (χ2n) is 5.69. The molecule has 0 spiro atoms. The SMILES string of the molecule is CCCCCCCCCCCCOC(C)=C1CC1. The predicted octanol–water partition coefficient (Wildman–Crippen LogP) is 5.99. The van der Waals surface area contributed by atoms with E-state index in [0.29, 0.717) is 0 Å². The van der Waals surface area contributed by atoms with Crippen LogP contribution in [0.1, 0.15) is 90.9 Å². The molecule has 0 amide bonds. The molecule has 0 atom stereocenters. The van der Waals surface area contributed by atoms with Crippen molar-refractivity contribution in [1.29, 1.82) is 0 Å². The summed E-state index contributed by atoms with van der Waals surface area (Å²) in [4.78, 5) is 0. The summed E-state index contributed by atoms with van der Waals surface area (Å²) in [6.07, 6.45) is 16.5. The molecule has 0 saturated heterocycles. The Balaban J connectivity index is 1.72. The lowest BCUT2D eigenvalue weighted by atomic mass is 10.1. The van der Waals surface area contributed by atoms with Crippen LogP contribution in [0, 0.1) is 0 Å². The van der Waals surface area contributed by atoms with E-state index >= 15 is 0 Å². The van der Waals surface area contributed by atoms with Gasteiger partial charge in [-0.05, 0) is 31.8 Å². The van der Waals surface area contributed by atoms with Gasteiger partial charge in [-0.2, -0.15) is 0 Å². The van der Waals surface area contributed by atoms with Gasteiger partial charge in [-0.3, -0.25) is 0 Å². The number of hydrogen-bond donors (Lipinski definition) is 0. The molecular formula is C17H32O. The van der Waals surface area contributed by atoms with Gasteiger partial charge < -0.3 is 4.74 Å². The van der Waals surface area contributed by atoms with Gasteiger partial charge in [-0.15, -0.1) is 0 Å². The quantitative estimate of drug-likeness (QED) is 0.306. The Kier molecular flexibility index (Phi) is 9.06. The summed E-state index contributed by atoms with van der Waals surface area (Å²) in [7, 11) is 0. The first-order chi connectivity index (χ1) is 8.84. The van der Waals surface area contributed by atoms with Crippen molar-refractivity contribution in [2.75, 3.05) is 6.61 Å². The molecule has 106 valence electrons. The van der Waals surface area contributed by atoms with Gasteiger partial charge in [0.15, 0.2) is 0 Å². The van der Waals surface area contributed by atoms with Crippen molar-refractivity contribution >= 4 is 0 Å². The van der Waals surface area contributed by atoms with Crippen LogP contribution in [0.5, 0.6) is 0 Å². The molecule has 1 heteroatoms. The van der Waals surface area contributed by atoms with Crippen LogP contribution in [0.2, 0.25) is 0 Å². The maximum atomic E-state index is 5.72. The first-order valence-electron chi connectivity index (χ1n) is 8.16. The summed E-state index contributed by atoms with van der Waals surface area (Å²) >= 11 is 0. The van der Waals surface area contributed by atoms with Crippen LogP contribution in [0.3, 0.4) is 0 Å². The van der Waals surface area contributed by atoms with E-state index in [1.54, 1.807) is 5.57 Å². The van der Waals surface area contributed by atoms with Crippen LogP contribution in [0.25, 0.3) is 0 Å². The number of allylic oxidation sites excluding steroid dienone is 2. The third kappa shape index (κ3) is 8.60. The van der Waals surface area contributed by atoms with E-state index in [1.165, 1.54) is 82.8 Å². The smallest absolute Gasteiger partial charge is 0.0921 e. The highest BCUT2D eigenvalue weighted by molar-refractivity contribution is 5.19. The lowest BCUT2D eigenvalue weighted by Gasteiger charge is -2.06. The van der Waals surface area contributed by atoms with E-state index in [2.05, 4.69) is 13.8 Å². The Hall–Kier alpha value is -0.460. The van der Waals surface area contributed by atoms with Crippen molar-refractivity contribution in [1.82, 2.24) is 0 Å². The normalized spacial score (nSPS) is 13.8. The van der Waals surface area contributed by atoms with Gasteiger partial charge in [0.05, 0.1) is 12.4 Å². The Morgan fingerprint density at radius 3 is 1.83 bits per heavy atom. The molecule has 1 saturated carbocycles. The second kappa shape index (κ2) is 10.5. The number of ether oxygens (including phenoxy) is 1. The molecule has 0 N–H and O–H groups in total. The van der Waals surface area contributed by atoms with Crippen molar-refractivity contribution in [3.05, 3.63) is 11.3 Å². The highest BCUT2D eigenvalue weighted by atomic mass is 16.5. The minimum atomic E-state index is 0.936. The fourth-order valence-corrected chi connectivity index (χ4v) is 2.33. The Bertz CT molecular complexity index is 224. The standard InChI is InChI=1S/C17H32O/c1-3-4-5-6-7-8-9-10-11-12-15-18-16(2)17-13-14-17/h3-15H2,1-2H3. The molecule has 18 heavy (non-hydrogen) atoms. The zero-order valence-corrected chi connectivity index (χ0v) is 12.6. The lowest BCUT2D eigenvalue weighted by Crippen LogP contribution is -1.92. The molecule has 0 aromatic heterocycles. The van der Waals surface area contributed by atoms with Crippen LogP contribution in [-0.4, -0.2) is 6.61 Å². The van der Waals surface area contributed by atoms with E-state index in [-0.39, 0.29) is 0 Å². The summed E-state index contributed by atoms with van der Waals surface area (Å²) in [5, 5.41) is 0. The molecule has 0 aliphatic heterocycles. The molecule has 1 nitrogen and oxygen atoms in total. The summed E-state index contributed by atoms with van der Waals surface area (Å²) in [6, 6.07) is 0. The summed E-state index contributed by atoms with van der Waals surface area (Å²) in [5.41, 5.74) is 1.54. The number of unbranched alkanes of at least 4 members (excludes halogenated alkanes) is 9. The van der Waals surface area contributed by atoms with Gasteiger partial charge in [0, 0.05) is 0 Å². The largest absolute Gasteiger partial charge is 0.498 e. The molecule has 0 aromatic carbocycles. The van der Waals surface area contributed by atoms with Crippen molar-refractivity contribution in [3.63, 3.8) is 0 Å². The van der Waals surface area contributed by atoms with Crippen molar-refractivity contribution in [3.8, 4) is 0 Å². The minimum absolute atomic E-state index is 0.936. The Morgan fingerprint density at radius 1 is 0.833 bits per heavy atom. The van der Waals surface area contributed by atoms with Crippen LogP contribution in [0.4, 0.5) is 0 Å². The van der Waals surface area contributed by atoms with Crippen LogP contribution < -0.4 is 0 Å². The molecule has 0 unspecified atom stereocenters. The van der Waals surface area contributed by atoms with Gasteiger partial charge in [-0.1, -0.05) is 64.7 Å². The minimum Gasteiger partial charge on any atom is -0.498 e. The van der Waals surface area contributed by atoms with E-state index in [1.807, 2.05) is 0 Å². The van der Waals surface area contributed by atoms with Gasteiger partial charge in [0.25, 0.3) is 0 Å². The molecule has 1 aliphatic carbocycles. The molecule has 0 heterocycles. The van der Waals surface area contributed by atoms with Crippen LogP contribution >= 0.6 is 0 Å². The average molecular weight is 252 g/mol. The van der Waals surface area contributed by atoms with Gasteiger partial charge in [0.1, 0.15) is 0 Å². The molecule has 1 rings (SSSR count). The van der Waals surface area contributed by atoms with Crippen molar-refractivity contribution in [2.45, 2.75) is 90.9 Å². The van der Waals surface area contributed by atoms with Gasteiger partial charge >= 0.3 is 0 Å². The summed E-state index contributed by atoms with van der Waals surface area (Å²) < 4.78 is 5.72. The fourth-order valence-electron chi connectivity index (χ4n) is 2.33. The molecule has 0 bridgehead atoms. The maximum Gasteiger partial charge on any atom is 0.0921 e. The monoisotopic (exact) mass is 252 g/mol. The summed E-state index contributed by atoms with van der Waals surface area (Å²) in [5.74, 6) is 1.21. The number of hydrogen-bond acceptors (Lipinski definition) is 1. The van der Waals surface area contributed by atoms with E-state index in [0.717, 1.165) is 6.61 Å². The highest BCUT2D eigenvalue weighted by Crippen LogP contribution is 2.31. The Labute approximate surface area is 114 Å². The second-order valence-corrected chi connectivity index (χ2v) is 5.69. The topological polar surface area (TPSA) is 9.23 Å². The lowest BCUT2D eigenvalue weighted by molar-refractivity contribution is 0.205. The molecule has 1 fully saturated rings. The highest BCUT2D eigenvalue weighted by Gasteiger charge is 2.15. The zero-order chi connectivity index (χ0) is 13.1. The van der Waals surface area contributed by atoms with Gasteiger partial charge in [0.2, 0.25) is 0 Å². The zero-order valence-electron chi connectivity index (χ0n) is 12.6. The van der Waals surface area contributed by atoms with Gasteiger partial charge in [-0.25, -0.2) is 0 Å². The third-order valence-corrected chi connectivity index (χ3v) is 3.81. The Morgan fingerprint density at radius 2 is 1.33 bits per heavy atom. The third-order valence-electron chi connectivity index (χ3n) is 3.81. The maximum absolute atomic E-state index is 5.72. The van der Waals surface area contributed by atoms with Crippen LogP contribution in [-0.2, 0) is 4.74 Å². The molecule has 1 aliphatic rings. The molecule has 0 aromatic rings. The van der Waals surface area contributed by atoms with E-state index in [9.17, 15) is 0 Å². The summed E-state index contributed by atoms with van der Waals surface area (Å²) in [6.45, 7) is 5.34. The van der Waals surface area contributed by atoms with E-state index in [4.69, 9.17) is 4.74 Å². The first kappa shape index (κ1) is 15.6. The average Bonchev–Trinajstić information content (AvgIpc) is 3.20. The number of rotatable bonds is 12. The van der Waals surface area contributed by atoms with E-state index < -0.39 is 0 Å². The molecule has 0 radical (unpaired) electrons. The molecular weight excluding hydrogens is 220 g/mol. The van der Waals surface area contributed by atoms with Crippen molar-refractivity contribution < 1.29 is 4.74 Å². The van der Waals surface area contributed by atoms with Crippen LogP contribution in [0.15, 0.2) is 11.3 Å². The van der Waals surface area contributed by atoms with Crippen molar-refractivity contribution in [2.24, 2.45) is 0 Å². The predicted molar refractivity (Wildman–Crippen MR) is 79.7 cm³/mol. The fraction of sp³-hybridized carbons (Fsp3) is 0.882. The first-order valence-corrected chi connectivity index (χ1v) is 8.16.